The van der Waals surface area contributed by atoms with Crippen LogP contribution in [0.5, 0.6) is 0 Å². The number of nitrogens with one attached hydrogen (secondary N) is 3. The van der Waals surface area contributed by atoms with E-state index in [0.29, 0.717) is 0 Å². The van der Waals surface area contributed by atoms with Crippen molar-refractivity contribution in [3.63, 3.8) is 0 Å². The fraction of sp³-hybridized carbons (Fsp3) is 0.167. The highest BCUT2D eigenvalue weighted by atomic mass is 35.5. The van der Waals surface area contributed by atoms with E-state index in [1.54, 1.807) is 24.3 Å². The first kappa shape index (κ1) is 23.6. The summed E-state index contributed by atoms with van der Waals surface area (Å²) in [5.41, 5.74) is 7.46. The molecule has 0 aromatic heterocycles. The number of halogens is 1. The molecule has 0 spiro atoms. The number of hydrogen-bond acceptors (Lipinski definition) is 5. The standard InChI is InChI=1S/C24H23ClN4O4S/c25-20-8-2-3-9-21(20)28-34(32,33)19-13-11-18(12-14-19)24(31)27-26-23(30)16-29-15-5-7-17-6-1-4-10-22(17)29/h1-4,6,8-14,28H,5,7,15-16H2,(H,26,30)(H,27,31). The highest BCUT2D eigenvalue weighted by Gasteiger charge is 2.20. The SMILES string of the molecule is O=C(CN1CCCc2ccccc21)NNC(=O)c1ccc(S(=O)(=O)Nc2ccccc2Cl)cc1. The Bertz CT molecular complexity index is 1310. The van der Waals surface area contributed by atoms with Crippen molar-refractivity contribution in [2.24, 2.45) is 0 Å². The highest BCUT2D eigenvalue weighted by Crippen LogP contribution is 2.26. The predicted molar refractivity (Wildman–Crippen MR) is 131 cm³/mol. The Hall–Kier alpha value is -3.56. The average molecular weight is 499 g/mol. The number of nitrogens with zero attached hydrogens (tertiary/aromatic N) is 1. The predicted octanol–water partition coefficient (Wildman–Crippen LogP) is 3.35. The summed E-state index contributed by atoms with van der Waals surface area (Å²) in [6.07, 6.45) is 1.93. The Morgan fingerprint density at radius 3 is 2.38 bits per heavy atom. The van der Waals surface area contributed by atoms with Gasteiger partial charge in [0.1, 0.15) is 0 Å². The van der Waals surface area contributed by atoms with Crippen LogP contribution in [0.3, 0.4) is 0 Å². The Balaban J connectivity index is 1.33. The van der Waals surface area contributed by atoms with Gasteiger partial charge in [0, 0.05) is 17.8 Å². The quantitative estimate of drug-likeness (QED) is 0.452. The van der Waals surface area contributed by atoms with Crippen LogP contribution in [-0.2, 0) is 21.2 Å². The van der Waals surface area contributed by atoms with Crippen molar-refractivity contribution in [2.75, 3.05) is 22.7 Å². The number of amides is 2. The molecule has 34 heavy (non-hydrogen) atoms. The lowest BCUT2D eigenvalue weighted by Crippen LogP contribution is -2.47. The van der Waals surface area contributed by atoms with Gasteiger partial charge >= 0.3 is 0 Å². The van der Waals surface area contributed by atoms with Gasteiger partial charge in [-0.2, -0.15) is 0 Å². The fourth-order valence-corrected chi connectivity index (χ4v) is 5.04. The number of benzene rings is 3. The molecule has 0 saturated carbocycles. The Kier molecular flexibility index (Phi) is 7.04. The molecule has 10 heteroatoms. The van der Waals surface area contributed by atoms with Crippen LogP contribution in [0.2, 0.25) is 5.02 Å². The Morgan fingerprint density at radius 1 is 0.912 bits per heavy atom. The molecular formula is C24H23ClN4O4S. The number of fused-ring (bicyclic) bond motifs is 1. The van der Waals surface area contributed by atoms with Crippen molar-refractivity contribution >= 4 is 44.8 Å². The van der Waals surface area contributed by atoms with Gasteiger partial charge in [-0.1, -0.05) is 41.9 Å². The molecule has 0 bridgehead atoms. The fourth-order valence-electron chi connectivity index (χ4n) is 3.72. The molecule has 0 unspecified atom stereocenters. The maximum absolute atomic E-state index is 12.6. The zero-order chi connectivity index (χ0) is 24.1. The van der Waals surface area contributed by atoms with Crippen LogP contribution in [-0.4, -0.2) is 33.3 Å². The van der Waals surface area contributed by atoms with E-state index in [0.717, 1.165) is 25.1 Å². The summed E-state index contributed by atoms with van der Waals surface area (Å²) in [7, 11) is -3.89. The van der Waals surface area contributed by atoms with Crippen molar-refractivity contribution < 1.29 is 18.0 Å². The third kappa shape index (κ3) is 5.49. The minimum absolute atomic E-state index is 0.0308. The van der Waals surface area contributed by atoms with Crippen LogP contribution in [0.25, 0.3) is 0 Å². The van der Waals surface area contributed by atoms with Crippen molar-refractivity contribution in [3.05, 3.63) is 88.9 Å². The lowest BCUT2D eigenvalue weighted by atomic mass is 10.0. The Morgan fingerprint density at radius 2 is 1.62 bits per heavy atom. The van der Waals surface area contributed by atoms with E-state index in [4.69, 9.17) is 11.6 Å². The summed E-state index contributed by atoms with van der Waals surface area (Å²) in [5.74, 6) is -0.913. The van der Waals surface area contributed by atoms with Gasteiger partial charge < -0.3 is 4.90 Å². The minimum atomic E-state index is -3.89. The van der Waals surface area contributed by atoms with E-state index in [1.807, 2.05) is 23.1 Å². The van der Waals surface area contributed by atoms with E-state index in [2.05, 4.69) is 21.6 Å². The normalized spacial score (nSPS) is 13.0. The molecule has 4 rings (SSSR count). The van der Waals surface area contributed by atoms with Crippen LogP contribution in [0.15, 0.2) is 77.7 Å². The van der Waals surface area contributed by atoms with Gasteiger partial charge in [0.05, 0.1) is 22.2 Å². The van der Waals surface area contributed by atoms with Crippen molar-refractivity contribution in [3.8, 4) is 0 Å². The number of hydrogen-bond donors (Lipinski definition) is 3. The van der Waals surface area contributed by atoms with Crippen molar-refractivity contribution in [1.82, 2.24) is 10.9 Å². The first-order valence-corrected chi connectivity index (χ1v) is 12.5. The maximum atomic E-state index is 12.6. The molecule has 0 aliphatic carbocycles. The number of carbonyl (C=O) groups is 2. The number of sulfonamides is 1. The summed E-state index contributed by atoms with van der Waals surface area (Å²) in [6.45, 7) is 0.874. The second-order valence-corrected chi connectivity index (χ2v) is 9.86. The molecule has 1 aliphatic rings. The third-order valence-electron chi connectivity index (χ3n) is 5.40. The molecule has 0 saturated heterocycles. The first-order valence-electron chi connectivity index (χ1n) is 10.6. The van der Waals surface area contributed by atoms with Gasteiger partial charge in [0.2, 0.25) is 0 Å². The lowest BCUT2D eigenvalue weighted by molar-refractivity contribution is -0.120. The van der Waals surface area contributed by atoms with E-state index < -0.39 is 15.9 Å². The highest BCUT2D eigenvalue weighted by molar-refractivity contribution is 7.92. The number of anilines is 2. The lowest BCUT2D eigenvalue weighted by Gasteiger charge is -2.30. The number of hydrazine groups is 1. The number of rotatable bonds is 6. The second-order valence-electron chi connectivity index (χ2n) is 7.77. The number of aryl methyl sites for hydroxylation is 1. The monoisotopic (exact) mass is 498 g/mol. The van der Waals surface area contributed by atoms with Crippen LogP contribution >= 0.6 is 11.6 Å². The van der Waals surface area contributed by atoms with Gasteiger partial charge in [0.15, 0.2) is 0 Å². The van der Waals surface area contributed by atoms with E-state index >= 15 is 0 Å². The molecule has 3 aromatic rings. The molecule has 8 nitrogen and oxygen atoms in total. The molecule has 3 N–H and O–H groups in total. The largest absolute Gasteiger partial charge is 0.362 e. The van der Waals surface area contributed by atoms with Crippen molar-refractivity contribution in [2.45, 2.75) is 17.7 Å². The first-order chi connectivity index (χ1) is 16.3. The summed E-state index contributed by atoms with van der Waals surface area (Å²) >= 11 is 6.01. The molecule has 0 fully saturated rings. The van der Waals surface area contributed by atoms with Gasteiger partial charge in [-0.15, -0.1) is 0 Å². The number of carbonyl (C=O) groups excluding carboxylic acids is 2. The van der Waals surface area contributed by atoms with Gasteiger partial charge in [0.25, 0.3) is 21.8 Å². The summed E-state index contributed by atoms with van der Waals surface area (Å²) in [5, 5.41) is 0.269. The molecular weight excluding hydrogens is 476 g/mol. The van der Waals surface area contributed by atoms with Crippen LogP contribution in [0, 0.1) is 0 Å². The van der Waals surface area contributed by atoms with Gasteiger partial charge in [-0.25, -0.2) is 8.42 Å². The minimum Gasteiger partial charge on any atom is -0.362 e. The molecule has 176 valence electrons. The summed E-state index contributed by atoms with van der Waals surface area (Å²) in [6, 6.07) is 19.8. The van der Waals surface area contributed by atoms with Crippen LogP contribution in [0.4, 0.5) is 11.4 Å². The zero-order valence-electron chi connectivity index (χ0n) is 18.1. The molecule has 0 radical (unpaired) electrons. The van der Waals surface area contributed by atoms with E-state index in [9.17, 15) is 18.0 Å². The second kappa shape index (κ2) is 10.1. The maximum Gasteiger partial charge on any atom is 0.269 e. The summed E-state index contributed by atoms with van der Waals surface area (Å²) in [4.78, 5) is 26.7. The molecule has 1 aliphatic heterocycles. The Labute approximate surface area is 202 Å². The zero-order valence-corrected chi connectivity index (χ0v) is 19.7. The third-order valence-corrected chi connectivity index (χ3v) is 7.11. The smallest absolute Gasteiger partial charge is 0.269 e. The molecule has 2 amide bonds. The number of para-hydroxylation sites is 2. The van der Waals surface area contributed by atoms with Gasteiger partial charge in [-0.05, 0) is 60.9 Å². The molecule has 1 heterocycles. The van der Waals surface area contributed by atoms with Crippen LogP contribution < -0.4 is 20.5 Å². The molecule has 3 aromatic carbocycles. The topological polar surface area (TPSA) is 108 Å². The molecule has 0 atom stereocenters. The van der Waals surface area contributed by atoms with Gasteiger partial charge in [-0.3, -0.25) is 25.2 Å². The van der Waals surface area contributed by atoms with Crippen LogP contribution in [0.1, 0.15) is 22.3 Å². The van der Waals surface area contributed by atoms with E-state index in [1.165, 1.54) is 29.8 Å². The van der Waals surface area contributed by atoms with E-state index in [-0.39, 0.29) is 33.6 Å². The van der Waals surface area contributed by atoms with Crippen molar-refractivity contribution in [1.29, 1.82) is 0 Å². The average Bonchev–Trinajstić information content (AvgIpc) is 2.84. The summed E-state index contributed by atoms with van der Waals surface area (Å²) < 4.78 is 27.6.